The molecule has 0 saturated heterocycles. The molecule has 0 spiro atoms. The minimum absolute atomic E-state index is 0.0787. The van der Waals surface area contributed by atoms with E-state index in [2.05, 4.69) is 26.6 Å². The summed E-state index contributed by atoms with van der Waals surface area (Å²) in [5.74, 6) is 0.271. The van der Waals surface area contributed by atoms with Gasteiger partial charge in [0.15, 0.2) is 5.11 Å². The number of hydrogen-bond donors (Lipinski definition) is 2. The van der Waals surface area contributed by atoms with Crippen LogP contribution in [0.15, 0.2) is 46.9 Å². The van der Waals surface area contributed by atoms with Crippen molar-refractivity contribution in [3.63, 3.8) is 0 Å². The maximum absolute atomic E-state index is 12.4. The molecular weight excluding hydrogens is 442 g/mol. The second-order valence-electron chi connectivity index (χ2n) is 6.03. The van der Waals surface area contributed by atoms with E-state index in [0.29, 0.717) is 28.1 Å². The van der Waals surface area contributed by atoms with Gasteiger partial charge in [-0.15, -0.1) is 0 Å². The second kappa shape index (κ2) is 10.2. The Morgan fingerprint density at radius 3 is 2.61 bits per heavy atom. The van der Waals surface area contributed by atoms with Crippen LogP contribution in [-0.4, -0.2) is 30.6 Å². The summed E-state index contributed by atoms with van der Waals surface area (Å²) >= 11 is 8.64. The molecule has 0 aromatic heterocycles. The first-order valence-electron chi connectivity index (χ1n) is 8.71. The third kappa shape index (κ3) is 6.03. The Morgan fingerprint density at radius 2 is 1.96 bits per heavy atom. The number of halogens is 1. The molecule has 0 fully saturated rings. The zero-order valence-electron chi connectivity index (χ0n) is 15.9. The normalized spacial score (nSPS) is 10.1. The fourth-order valence-electron chi connectivity index (χ4n) is 2.28. The van der Waals surface area contributed by atoms with Gasteiger partial charge < -0.3 is 15.0 Å². The molecule has 0 aliphatic heterocycles. The van der Waals surface area contributed by atoms with Gasteiger partial charge in [-0.3, -0.25) is 14.9 Å². The molecule has 2 aromatic rings. The van der Waals surface area contributed by atoms with Crippen LogP contribution < -0.4 is 20.3 Å². The van der Waals surface area contributed by atoms with E-state index in [1.165, 1.54) is 11.8 Å². The van der Waals surface area contributed by atoms with Gasteiger partial charge in [0.2, 0.25) is 5.91 Å². The molecule has 8 heteroatoms. The lowest BCUT2D eigenvalue weighted by molar-refractivity contribution is -0.116. The standard InChI is InChI=1S/C20H22BrN3O3S/c1-4-10-27-18-9-8-14(11-17(18)21)19(26)23-20(28)22-15-6-5-7-16(12-15)24(3)13(2)25/h5-9,11-12H,4,10H2,1-3H3,(H2,22,23,26,28). The summed E-state index contributed by atoms with van der Waals surface area (Å²) in [6.45, 7) is 4.12. The summed E-state index contributed by atoms with van der Waals surface area (Å²) in [6, 6.07) is 12.3. The maximum Gasteiger partial charge on any atom is 0.257 e. The number of hydrogen-bond acceptors (Lipinski definition) is 4. The Kier molecular flexibility index (Phi) is 7.95. The minimum Gasteiger partial charge on any atom is -0.492 e. The highest BCUT2D eigenvalue weighted by Gasteiger charge is 2.12. The predicted molar refractivity (Wildman–Crippen MR) is 119 cm³/mol. The van der Waals surface area contributed by atoms with Crippen molar-refractivity contribution in [2.24, 2.45) is 0 Å². The molecule has 0 radical (unpaired) electrons. The highest BCUT2D eigenvalue weighted by atomic mass is 79.9. The first-order chi connectivity index (χ1) is 13.3. The summed E-state index contributed by atoms with van der Waals surface area (Å²) in [6.07, 6.45) is 0.901. The van der Waals surface area contributed by atoms with Crippen molar-refractivity contribution < 1.29 is 14.3 Å². The molecule has 0 atom stereocenters. The van der Waals surface area contributed by atoms with Crippen LogP contribution in [0.3, 0.4) is 0 Å². The molecule has 2 aromatic carbocycles. The van der Waals surface area contributed by atoms with E-state index in [1.807, 2.05) is 13.0 Å². The molecule has 0 bridgehead atoms. The lowest BCUT2D eigenvalue weighted by Gasteiger charge is -2.17. The summed E-state index contributed by atoms with van der Waals surface area (Å²) in [5, 5.41) is 5.76. The number of benzene rings is 2. The average Bonchev–Trinajstić information content (AvgIpc) is 2.66. The Bertz CT molecular complexity index is 889. The highest BCUT2D eigenvalue weighted by molar-refractivity contribution is 9.10. The highest BCUT2D eigenvalue weighted by Crippen LogP contribution is 2.26. The van der Waals surface area contributed by atoms with Crippen LogP contribution in [0.2, 0.25) is 0 Å². The van der Waals surface area contributed by atoms with E-state index >= 15 is 0 Å². The number of amides is 2. The van der Waals surface area contributed by atoms with E-state index in [-0.39, 0.29) is 16.9 Å². The van der Waals surface area contributed by atoms with Crippen molar-refractivity contribution in [2.45, 2.75) is 20.3 Å². The Hall–Kier alpha value is -2.45. The molecule has 2 N–H and O–H groups in total. The Balaban J connectivity index is 2.01. The van der Waals surface area contributed by atoms with Crippen LogP contribution in [0.5, 0.6) is 5.75 Å². The zero-order chi connectivity index (χ0) is 20.7. The fourth-order valence-corrected chi connectivity index (χ4v) is 2.99. The fraction of sp³-hybridized carbons (Fsp3) is 0.250. The van der Waals surface area contributed by atoms with Gasteiger partial charge in [-0.1, -0.05) is 13.0 Å². The van der Waals surface area contributed by atoms with Gasteiger partial charge >= 0.3 is 0 Å². The third-order valence-corrected chi connectivity index (χ3v) is 4.67. The number of rotatable bonds is 6. The Labute approximate surface area is 178 Å². The van der Waals surface area contributed by atoms with Crippen molar-refractivity contribution in [3.05, 3.63) is 52.5 Å². The zero-order valence-corrected chi connectivity index (χ0v) is 18.3. The van der Waals surface area contributed by atoms with Crippen molar-refractivity contribution in [3.8, 4) is 5.75 Å². The van der Waals surface area contributed by atoms with Gasteiger partial charge in [0.25, 0.3) is 5.91 Å². The number of thiocarbonyl (C=S) groups is 1. The molecule has 0 heterocycles. The Morgan fingerprint density at radius 1 is 1.21 bits per heavy atom. The summed E-state index contributed by atoms with van der Waals surface area (Å²) in [5.41, 5.74) is 1.84. The summed E-state index contributed by atoms with van der Waals surface area (Å²) in [7, 11) is 1.69. The van der Waals surface area contributed by atoms with Gasteiger partial charge in [0, 0.05) is 30.9 Å². The van der Waals surface area contributed by atoms with E-state index < -0.39 is 0 Å². The van der Waals surface area contributed by atoms with Gasteiger partial charge in [-0.25, -0.2) is 0 Å². The van der Waals surface area contributed by atoms with E-state index in [4.69, 9.17) is 17.0 Å². The first-order valence-corrected chi connectivity index (χ1v) is 9.91. The van der Waals surface area contributed by atoms with Crippen molar-refractivity contribution in [1.82, 2.24) is 5.32 Å². The second-order valence-corrected chi connectivity index (χ2v) is 7.29. The number of carbonyl (C=O) groups is 2. The molecule has 2 rings (SSSR count). The molecular formula is C20H22BrN3O3S. The largest absolute Gasteiger partial charge is 0.492 e. The monoisotopic (exact) mass is 463 g/mol. The van der Waals surface area contributed by atoms with E-state index in [9.17, 15) is 9.59 Å². The number of ether oxygens (including phenoxy) is 1. The maximum atomic E-state index is 12.4. The third-order valence-electron chi connectivity index (χ3n) is 3.85. The molecule has 148 valence electrons. The molecule has 28 heavy (non-hydrogen) atoms. The van der Waals surface area contributed by atoms with Crippen LogP contribution in [0.25, 0.3) is 0 Å². The van der Waals surface area contributed by atoms with Crippen LogP contribution in [0.1, 0.15) is 30.6 Å². The number of nitrogens with one attached hydrogen (secondary N) is 2. The number of anilines is 2. The molecule has 0 aliphatic carbocycles. The van der Waals surface area contributed by atoms with E-state index in [1.54, 1.807) is 43.4 Å². The summed E-state index contributed by atoms with van der Waals surface area (Å²) in [4.78, 5) is 25.5. The van der Waals surface area contributed by atoms with Crippen LogP contribution in [0.4, 0.5) is 11.4 Å². The summed E-state index contributed by atoms with van der Waals surface area (Å²) < 4.78 is 6.28. The van der Waals surface area contributed by atoms with Crippen molar-refractivity contribution >= 4 is 56.4 Å². The van der Waals surface area contributed by atoms with Crippen LogP contribution >= 0.6 is 28.1 Å². The van der Waals surface area contributed by atoms with Gasteiger partial charge in [0.05, 0.1) is 11.1 Å². The number of nitrogens with zero attached hydrogens (tertiary/aromatic N) is 1. The predicted octanol–water partition coefficient (Wildman–Crippen LogP) is 4.35. The SMILES string of the molecule is CCCOc1ccc(C(=O)NC(=S)Nc2cccc(N(C)C(C)=O)c2)cc1Br. The van der Waals surface area contributed by atoms with E-state index in [0.717, 1.165) is 12.1 Å². The topological polar surface area (TPSA) is 70.7 Å². The minimum atomic E-state index is -0.336. The number of carbonyl (C=O) groups excluding carboxylic acids is 2. The van der Waals surface area contributed by atoms with Gasteiger partial charge in [-0.2, -0.15) is 0 Å². The lowest BCUT2D eigenvalue weighted by atomic mass is 10.2. The molecule has 0 aliphatic rings. The van der Waals surface area contributed by atoms with Crippen molar-refractivity contribution in [1.29, 1.82) is 0 Å². The van der Waals surface area contributed by atoms with Gasteiger partial charge in [-0.05, 0) is 71.0 Å². The smallest absolute Gasteiger partial charge is 0.257 e. The molecule has 6 nitrogen and oxygen atoms in total. The van der Waals surface area contributed by atoms with Crippen LogP contribution in [-0.2, 0) is 4.79 Å². The lowest BCUT2D eigenvalue weighted by Crippen LogP contribution is -2.34. The molecule has 0 saturated carbocycles. The van der Waals surface area contributed by atoms with Crippen LogP contribution in [0, 0.1) is 0 Å². The first kappa shape index (κ1) is 21.8. The molecule has 2 amide bonds. The quantitative estimate of drug-likeness (QED) is 0.623. The van der Waals surface area contributed by atoms with Gasteiger partial charge in [0.1, 0.15) is 5.75 Å². The molecule has 0 unspecified atom stereocenters. The van der Waals surface area contributed by atoms with Crippen molar-refractivity contribution in [2.75, 3.05) is 23.9 Å². The average molecular weight is 464 g/mol.